The Balaban J connectivity index is 2.27. The van der Waals surface area contributed by atoms with Crippen molar-refractivity contribution in [1.29, 1.82) is 5.26 Å². The Hall–Kier alpha value is -1.93. The molecule has 0 heterocycles. The van der Waals surface area contributed by atoms with Crippen molar-refractivity contribution in [2.24, 2.45) is 0 Å². The van der Waals surface area contributed by atoms with Gasteiger partial charge in [-0.05, 0) is 52.7 Å². The number of nitriles is 1. The van der Waals surface area contributed by atoms with Gasteiger partial charge in [0.1, 0.15) is 11.9 Å². The van der Waals surface area contributed by atoms with Crippen LogP contribution >= 0.6 is 15.9 Å². The molecule has 0 aliphatic carbocycles. The second-order valence-electron chi connectivity index (χ2n) is 4.32. The van der Waals surface area contributed by atoms with Crippen LogP contribution in [0.5, 0.6) is 0 Å². The second kappa shape index (κ2) is 6.02. The first-order chi connectivity index (χ1) is 9.52. The Bertz CT molecular complexity index is 680. The number of nitrogens with one attached hydrogen (secondary N) is 1. The summed E-state index contributed by atoms with van der Waals surface area (Å²) in [7, 11) is 0. The maximum absolute atomic E-state index is 14.1. The van der Waals surface area contributed by atoms with Gasteiger partial charge in [-0.1, -0.05) is 12.1 Å². The van der Waals surface area contributed by atoms with E-state index in [9.17, 15) is 8.78 Å². The van der Waals surface area contributed by atoms with Crippen LogP contribution in [-0.2, 0) is 0 Å². The standard InChI is InChI=1S/C15H11BrF2N2/c1-9(10-3-2-4-12(17)7-10)20-13-6-5-11(8-19)14(16)15(13)18/h2-7,9,20H,1H3. The Morgan fingerprint density at radius 1 is 1.25 bits per heavy atom. The number of rotatable bonds is 3. The quantitative estimate of drug-likeness (QED) is 0.876. The number of anilines is 1. The lowest BCUT2D eigenvalue weighted by Crippen LogP contribution is -2.08. The lowest BCUT2D eigenvalue weighted by Gasteiger charge is -2.17. The van der Waals surface area contributed by atoms with E-state index < -0.39 is 5.82 Å². The van der Waals surface area contributed by atoms with Crippen molar-refractivity contribution in [3.63, 3.8) is 0 Å². The molecule has 2 rings (SSSR count). The Morgan fingerprint density at radius 2 is 2.00 bits per heavy atom. The van der Waals surface area contributed by atoms with E-state index in [1.807, 2.05) is 6.07 Å². The number of hydrogen-bond acceptors (Lipinski definition) is 2. The van der Waals surface area contributed by atoms with Gasteiger partial charge in [0.05, 0.1) is 15.7 Å². The van der Waals surface area contributed by atoms with Gasteiger partial charge in [-0.25, -0.2) is 8.78 Å². The van der Waals surface area contributed by atoms with E-state index >= 15 is 0 Å². The van der Waals surface area contributed by atoms with Crippen molar-refractivity contribution in [3.05, 3.63) is 63.6 Å². The van der Waals surface area contributed by atoms with Gasteiger partial charge in [0, 0.05) is 6.04 Å². The smallest absolute Gasteiger partial charge is 0.161 e. The number of benzene rings is 2. The third kappa shape index (κ3) is 2.97. The first-order valence-corrected chi connectivity index (χ1v) is 6.72. The summed E-state index contributed by atoms with van der Waals surface area (Å²) in [6.07, 6.45) is 0. The fourth-order valence-electron chi connectivity index (χ4n) is 1.84. The SMILES string of the molecule is CC(Nc1ccc(C#N)c(Br)c1F)c1cccc(F)c1. The van der Waals surface area contributed by atoms with Gasteiger partial charge in [-0.15, -0.1) is 0 Å². The lowest BCUT2D eigenvalue weighted by atomic mass is 10.1. The van der Waals surface area contributed by atoms with Gasteiger partial charge in [0.15, 0.2) is 5.82 Å². The highest BCUT2D eigenvalue weighted by Gasteiger charge is 2.14. The number of hydrogen-bond donors (Lipinski definition) is 1. The van der Waals surface area contributed by atoms with Crippen LogP contribution in [0.2, 0.25) is 0 Å². The largest absolute Gasteiger partial charge is 0.376 e. The van der Waals surface area contributed by atoms with E-state index in [-0.39, 0.29) is 27.6 Å². The fraction of sp³-hybridized carbons (Fsp3) is 0.133. The summed E-state index contributed by atoms with van der Waals surface area (Å²) >= 11 is 3.05. The summed E-state index contributed by atoms with van der Waals surface area (Å²) in [6, 6.07) is 10.8. The van der Waals surface area contributed by atoms with Crippen molar-refractivity contribution < 1.29 is 8.78 Å². The van der Waals surface area contributed by atoms with Crippen LogP contribution in [0.25, 0.3) is 0 Å². The van der Waals surface area contributed by atoms with Crippen molar-refractivity contribution in [2.45, 2.75) is 13.0 Å². The van der Waals surface area contributed by atoms with Crippen LogP contribution in [-0.4, -0.2) is 0 Å². The number of nitrogens with zero attached hydrogens (tertiary/aromatic N) is 1. The zero-order valence-corrected chi connectivity index (χ0v) is 12.2. The van der Waals surface area contributed by atoms with Crippen molar-refractivity contribution in [1.82, 2.24) is 0 Å². The molecule has 2 aromatic carbocycles. The Labute approximate surface area is 124 Å². The highest BCUT2D eigenvalue weighted by molar-refractivity contribution is 9.10. The average molecular weight is 337 g/mol. The molecule has 2 aromatic rings. The van der Waals surface area contributed by atoms with Gasteiger partial charge in [-0.2, -0.15) is 5.26 Å². The number of halogens is 3. The molecule has 0 bridgehead atoms. The highest BCUT2D eigenvalue weighted by atomic mass is 79.9. The molecule has 0 radical (unpaired) electrons. The molecule has 0 aliphatic heterocycles. The molecule has 1 N–H and O–H groups in total. The molecule has 0 aliphatic rings. The second-order valence-corrected chi connectivity index (χ2v) is 5.11. The molecule has 1 atom stereocenters. The predicted octanol–water partition coefficient (Wildman–Crippen LogP) is 4.77. The van der Waals surface area contributed by atoms with E-state index in [1.54, 1.807) is 19.1 Å². The lowest BCUT2D eigenvalue weighted by molar-refractivity contribution is 0.617. The molecule has 2 nitrogen and oxygen atoms in total. The maximum Gasteiger partial charge on any atom is 0.161 e. The molecule has 0 saturated heterocycles. The molecule has 0 spiro atoms. The molecule has 5 heteroatoms. The first kappa shape index (κ1) is 14.5. The van der Waals surface area contributed by atoms with Crippen LogP contribution in [0.15, 0.2) is 40.9 Å². The van der Waals surface area contributed by atoms with Crippen LogP contribution in [0, 0.1) is 23.0 Å². The third-order valence-electron chi connectivity index (χ3n) is 2.92. The Kier molecular flexibility index (Phi) is 4.35. The molecular weight excluding hydrogens is 326 g/mol. The zero-order chi connectivity index (χ0) is 14.7. The van der Waals surface area contributed by atoms with Crippen LogP contribution in [0.3, 0.4) is 0 Å². The van der Waals surface area contributed by atoms with Crippen LogP contribution in [0.4, 0.5) is 14.5 Å². The van der Waals surface area contributed by atoms with E-state index in [0.29, 0.717) is 5.56 Å². The van der Waals surface area contributed by atoms with Gasteiger partial charge in [0.2, 0.25) is 0 Å². The zero-order valence-electron chi connectivity index (χ0n) is 10.6. The summed E-state index contributed by atoms with van der Waals surface area (Å²) in [5, 5.41) is 11.8. The van der Waals surface area contributed by atoms with Crippen molar-refractivity contribution in [2.75, 3.05) is 5.32 Å². The molecule has 0 fully saturated rings. The summed E-state index contributed by atoms with van der Waals surface area (Å²) in [5.74, 6) is -0.870. The molecule has 0 amide bonds. The summed E-state index contributed by atoms with van der Waals surface area (Å²) in [4.78, 5) is 0. The fourth-order valence-corrected chi connectivity index (χ4v) is 2.27. The van der Waals surface area contributed by atoms with E-state index in [0.717, 1.165) is 0 Å². The first-order valence-electron chi connectivity index (χ1n) is 5.93. The summed E-state index contributed by atoms with van der Waals surface area (Å²) in [6.45, 7) is 1.81. The molecule has 0 saturated carbocycles. The van der Waals surface area contributed by atoms with Crippen LogP contribution < -0.4 is 5.32 Å². The maximum atomic E-state index is 14.1. The minimum Gasteiger partial charge on any atom is -0.376 e. The summed E-state index contributed by atoms with van der Waals surface area (Å²) in [5.41, 5.74) is 1.20. The summed E-state index contributed by atoms with van der Waals surface area (Å²) < 4.78 is 27.4. The minimum atomic E-state index is -0.535. The third-order valence-corrected chi connectivity index (χ3v) is 3.70. The topological polar surface area (TPSA) is 35.8 Å². The van der Waals surface area contributed by atoms with Gasteiger partial charge in [-0.3, -0.25) is 0 Å². The van der Waals surface area contributed by atoms with Gasteiger partial charge in [0.25, 0.3) is 0 Å². The molecule has 1 unspecified atom stereocenters. The normalized spacial score (nSPS) is 11.8. The minimum absolute atomic E-state index is 0.122. The van der Waals surface area contributed by atoms with Gasteiger partial charge >= 0.3 is 0 Å². The highest BCUT2D eigenvalue weighted by Crippen LogP contribution is 2.29. The monoisotopic (exact) mass is 336 g/mol. The molecular formula is C15H11BrF2N2. The van der Waals surface area contributed by atoms with E-state index in [4.69, 9.17) is 5.26 Å². The molecule has 102 valence electrons. The van der Waals surface area contributed by atoms with E-state index in [1.165, 1.54) is 24.3 Å². The van der Waals surface area contributed by atoms with Crippen molar-refractivity contribution in [3.8, 4) is 6.07 Å². The van der Waals surface area contributed by atoms with Crippen LogP contribution in [0.1, 0.15) is 24.1 Å². The average Bonchev–Trinajstić information content (AvgIpc) is 2.44. The predicted molar refractivity (Wildman–Crippen MR) is 77.3 cm³/mol. The molecule has 0 aromatic heterocycles. The van der Waals surface area contributed by atoms with E-state index in [2.05, 4.69) is 21.2 Å². The Morgan fingerprint density at radius 3 is 2.65 bits per heavy atom. The van der Waals surface area contributed by atoms with Crippen molar-refractivity contribution >= 4 is 21.6 Å². The molecule has 20 heavy (non-hydrogen) atoms. The van der Waals surface area contributed by atoms with Gasteiger partial charge < -0.3 is 5.32 Å².